The van der Waals surface area contributed by atoms with Crippen LogP contribution in [0.2, 0.25) is 0 Å². The summed E-state index contributed by atoms with van der Waals surface area (Å²) < 4.78 is 4.95. The van der Waals surface area contributed by atoms with Crippen molar-refractivity contribution in [3.8, 4) is 0 Å². The number of carbonyl (C=O) groups excluding carboxylic acids is 1. The van der Waals surface area contributed by atoms with Gasteiger partial charge in [0, 0.05) is 26.2 Å². The Labute approximate surface area is 104 Å². The van der Waals surface area contributed by atoms with Crippen LogP contribution in [-0.2, 0) is 9.53 Å². The van der Waals surface area contributed by atoms with E-state index in [4.69, 9.17) is 4.74 Å². The molecular weight excluding hydrogens is 216 g/mol. The maximum Gasteiger partial charge on any atom is 0.236 e. The number of hydrogen-bond donors (Lipinski definition) is 1. The van der Waals surface area contributed by atoms with Crippen LogP contribution < -0.4 is 5.32 Å². The molecule has 0 spiro atoms. The van der Waals surface area contributed by atoms with Crippen molar-refractivity contribution in [3.05, 3.63) is 0 Å². The van der Waals surface area contributed by atoms with Crippen LogP contribution in [0.5, 0.6) is 0 Å². The highest BCUT2D eigenvalue weighted by molar-refractivity contribution is 5.79. The number of likely N-dealkylation sites (tertiary alicyclic amines) is 1. The highest BCUT2D eigenvalue weighted by Crippen LogP contribution is 2.35. The Balaban J connectivity index is 1.75. The largest absolute Gasteiger partial charge is 0.383 e. The first-order chi connectivity index (χ1) is 8.33. The number of methoxy groups -OCH3 is 1. The summed E-state index contributed by atoms with van der Waals surface area (Å²) in [6.07, 6.45) is 6.41. The Morgan fingerprint density at radius 1 is 1.35 bits per heavy atom. The topological polar surface area (TPSA) is 41.6 Å². The zero-order valence-corrected chi connectivity index (χ0v) is 10.8. The molecule has 4 nitrogen and oxygen atoms in total. The molecular formula is C13H24N2O2. The normalized spacial score (nSPS) is 28.2. The van der Waals surface area contributed by atoms with E-state index in [0.29, 0.717) is 19.2 Å². The summed E-state index contributed by atoms with van der Waals surface area (Å²) in [6, 6.07) is 0.542. The quantitative estimate of drug-likeness (QED) is 0.729. The number of rotatable bonds is 5. The van der Waals surface area contributed by atoms with Gasteiger partial charge in [0.05, 0.1) is 13.2 Å². The van der Waals surface area contributed by atoms with Gasteiger partial charge in [-0.3, -0.25) is 4.79 Å². The second-order valence-electron chi connectivity index (χ2n) is 5.16. The fourth-order valence-corrected chi connectivity index (χ4v) is 3.19. The van der Waals surface area contributed by atoms with Crippen molar-refractivity contribution in [1.29, 1.82) is 0 Å². The minimum atomic E-state index is 0.274. The van der Waals surface area contributed by atoms with E-state index in [1.807, 2.05) is 0 Å². The van der Waals surface area contributed by atoms with E-state index < -0.39 is 0 Å². The van der Waals surface area contributed by atoms with Crippen molar-refractivity contribution in [2.45, 2.75) is 38.1 Å². The van der Waals surface area contributed by atoms with E-state index in [-0.39, 0.29) is 5.91 Å². The lowest BCUT2D eigenvalue weighted by atomic mass is 9.85. The minimum Gasteiger partial charge on any atom is -0.383 e. The molecule has 1 N–H and O–H groups in total. The summed E-state index contributed by atoms with van der Waals surface area (Å²) in [5.41, 5.74) is 0. The van der Waals surface area contributed by atoms with Crippen molar-refractivity contribution in [2.75, 3.05) is 33.4 Å². The molecule has 4 heteroatoms. The maximum atomic E-state index is 12.1. The van der Waals surface area contributed by atoms with E-state index in [1.165, 1.54) is 32.1 Å². The summed E-state index contributed by atoms with van der Waals surface area (Å²) in [6.45, 7) is 2.86. The van der Waals surface area contributed by atoms with E-state index >= 15 is 0 Å². The molecule has 0 bridgehead atoms. The van der Waals surface area contributed by atoms with Crippen LogP contribution in [0.3, 0.4) is 0 Å². The molecule has 2 rings (SSSR count). The average Bonchev–Trinajstić information content (AvgIpc) is 2.78. The highest BCUT2D eigenvalue weighted by atomic mass is 16.5. The van der Waals surface area contributed by atoms with Gasteiger partial charge in [-0.1, -0.05) is 12.8 Å². The zero-order chi connectivity index (χ0) is 12.1. The number of ether oxygens (including phenoxy) is 1. The van der Waals surface area contributed by atoms with Crippen LogP contribution in [0.15, 0.2) is 0 Å². The van der Waals surface area contributed by atoms with Gasteiger partial charge in [-0.15, -0.1) is 0 Å². The number of hydrogen-bond acceptors (Lipinski definition) is 3. The van der Waals surface area contributed by atoms with Gasteiger partial charge in [-0.2, -0.15) is 0 Å². The fraction of sp³-hybridized carbons (Fsp3) is 0.923. The zero-order valence-electron chi connectivity index (χ0n) is 10.8. The first kappa shape index (κ1) is 12.8. The van der Waals surface area contributed by atoms with Crippen LogP contribution in [0.1, 0.15) is 32.1 Å². The van der Waals surface area contributed by atoms with Gasteiger partial charge >= 0.3 is 0 Å². The Morgan fingerprint density at radius 3 is 3.00 bits per heavy atom. The van der Waals surface area contributed by atoms with Gasteiger partial charge in [0.1, 0.15) is 0 Å². The van der Waals surface area contributed by atoms with Gasteiger partial charge in [0.2, 0.25) is 5.91 Å². The lowest BCUT2D eigenvalue weighted by molar-refractivity contribution is -0.131. The van der Waals surface area contributed by atoms with Crippen molar-refractivity contribution in [1.82, 2.24) is 10.2 Å². The predicted octanol–water partition coefficient (Wildman–Crippen LogP) is 1.01. The first-order valence-electron chi connectivity index (χ1n) is 6.82. The van der Waals surface area contributed by atoms with Crippen molar-refractivity contribution < 1.29 is 9.53 Å². The summed E-state index contributed by atoms with van der Waals surface area (Å²) in [4.78, 5) is 14.2. The summed E-state index contributed by atoms with van der Waals surface area (Å²) >= 11 is 0. The molecule has 2 unspecified atom stereocenters. The van der Waals surface area contributed by atoms with Crippen molar-refractivity contribution in [2.24, 2.45) is 5.92 Å². The molecule has 0 aromatic heterocycles. The van der Waals surface area contributed by atoms with Gasteiger partial charge in [-0.25, -0.2) is 0 Å². The third-order valence-electron chi connectivity index (χ3n) is 4.09. The van der Waals surface area contributed by atoms with E-state index in [2.05, 4.69) is 10.2 Å². The summed E-state index contributed by atoms with van der Waals surface area (Å²) in [7, 11) is 1.68. The Hall–Kier alpha value is -0.610. The van der Waals surface area contributed by atoms with E-state index in [1.54, 1.807) is 7.11 Å². The molecule has 2 fully saturated rings. The van der Waals surface area contributed by atoms with Gasteiger partial charge in [0.15, 0.2) is 0 Å². The van der Waals surface area contributed by atoms with E-state index in [9.17, 15) is 4.79 Å². The summed E-state index contributed by atoms with van der Waals surface area (Å²) in [5, 5.41) is 3.14. The fourth-order valence-electron chi connectivity index (χ4n) is 3.19. The van der Waals surface area contributed by atoms with Crippen LogP contribution >= 0.6 is 0 Å². The molecule has 0 aromatic rings. The molecule has 98 valence electrons. The molecule has 1 heterocycles. The molecule has 1 saturated heterocycles. The van der Waals surface area contributed by atoms with Crippen LogP contribution in [-0.4, -0.2) is 50.2 Å². The van der Waals surface area contributed by atoms with Gasteiger partial charge in [0.25, 0.3) is 0 Å². The second kappa shape index (κ2) is 6.36. The van der Waals surface area contributed by atoms with Crippen LogP contribution in [0.25, 0.3) is 0 Å². The van der Waals surface area contributed by atoms with E-state index in [0.717, 1.165) is 19.0 Å². The minimum absolute atomic E-state index is 0.274. The molecule has 1 aliphatic carbocycles. The molecule has 0 radical (unpaired) electrons. The molecule has 17 heavy (non-hydrogen) atoms. The predicted molar refractivity (Wildman–Crippen MR) is 66.8 cm³/mol. The highest BCUT2D eigenvalue weighted by Gasteiger charge is 2.37. The number of nitrogens with one attached hydrogen (secondary N) is 1. The molecule has 2 aliphatic rings. The lowest BCUT2D eigenvalue weighted by Gasteiger charge is -2.31. The third kappa shape index (κ3) is 3.19. The monoisotopic (exact) mass is 240 g/mol. The van der Waals surface area contributed by atoms with Gasteiger partial charge in [-0.05, 0) is 25.2 Å². The third-order valence-corrected chi connectivity index (χ3v) is 4.09. The molecule has 0 aromatic carbocycles. The van der Waals surface area contributed by atoms with Crippen LogP contribution in [0, 0.1) is 5.92 Å². The maximum absolute atomic E-state index is 12.1. The van der Waals surface area contributed by atoms with Gasteiger partial charge < -0.3 is 15.0 Å². The molecule has 1 aliphatic heterocycles. The van der Waals surface area contributed by atoms with Crippen molar-refractivity contribution >= 4 is 5.91 Å². The lowest BCUT2D eigenvalue weighted by Crippen LogP contribution is -2.43. The summed E-state index contributed by atoms with van der Waals surface area (Å²) in [5.74, 6) is 1.06. The smallest absolute Gasteiger partial charge is 0.236 e. The Morgan fingerprint density at radius 2 is 2.18 bits per heavy atom. The first-order valence-corrected chi connectivity index (χ1v) is 6.82. The Kier molecular flexibility index (Phi) is 4.80. The Bertz CT molecular complexity index is 258. The second-order valence-corrected chi connectivity index (χ2v) is 5.16. The van der Waals surface area contributed by atoms with Crippen LogP contribution in [0.4, 0.5) is 0 Å². The number of nitrogens with zero attached hydrogens (tertiary/aromatic N) is 1. The average molecular weight is 240 g/mol. The molecule has 2 atom stereocenters. The number of carbonyl (C=O) groups is 1. The SMILES string of the molecule is COCCNCC(=O)N1CCC2CCCCC21. The number of amides is 1. The number of fused-ring (bicyclic) bond motifs is 1. The standard InChI is InChI=1S/C13H24N2O2/c1-17-9-7-14-10-13(16)15-8-6-11-4-2-3-5-12(11)15/h11-12,14H,2-10H2,1H3. The van der Waals surface area contributed by atoms with Crippen molar-refractivity contribution in [3.63, 3.8) is 0 Å². The molecule has 1 amide bonds. The molecule has 1 saturated carbocycles.